The van der Waals surface area contributed by atoms with E-state index in [2.05, 4.69) is 20.9 Å². The van der Waals surface area contributed by atoms with Crippen LogP contribution in [0.15, 0.2) is 57.6 Å². The van der Waals surface area contributed by atoms with E-state index in [0.717, 1.165) is 15.4 Å². The number of carbonyl (C=O) groups is 2. The van der Waals surface area contributed by atoms with Crippen LogP contribution in [0.25, 0.3) is 17.0 Å². The average molecular weight is 478 g/mol. The Bertz CT molecular complexity index is 1230. The van der Waals surface area contributed by atoms with Crippen molar-refractivity contribution < 1.29 is 14.3 Å². The highest BCUT2D eigenvalue weighted by atomic mass is 79.9. The Morgan fingerprint density at radius 3 is 2.64 bits per heavy atom. The number of hydrogen-bond donors (Lipinski definition) is 0. The molecule has 0 aliphatic carbocycles. The van der Waals surface area contributed by atoms with Crippen molar-refractivity contribution in [2.24, 2.45) is 4.99 Å². The molecule has 0 amide bonds. The first-order valence-electron chi connectivity index (χ1n) is 8.13. The van der Waals surface area contributed by atoms with Crippen molar-refractivity contribution in [1.29, 1.82) is 0 Å². The molecule has 0 bridgehead atoms. The summed E-state index contributed by atoms with van der Waals surface area (Å²) in [5.74, 6) is -0.658. The first kappa shape index (κ1) is 18.9. The van der Waals surface area contributed by atoms with Gasteiger partial charge in [-0.3, -0.25) is 9.36 Å². The van der Waals surface area contributed by atoms with E-state index in [1.807, 2.05) is 24.3 Å². The number of rotatable bonds is 2. The molecule has 3 aromatic rings. The lowest BCUT2D eigenvalue weighted by Gasteiger charge is -2.03. The van der Waals surface area contributed by atoms with E-state index < -0.39 is 5.97 Å². The van der Waals surface area contributed by atoms with Crippen molar-refractivity contribution in [3.05, 3.63) is 73.9 Å². The lowest BCUT2D eigenvalue weighted by atomic mass is 10.2. The van der Waals surface area contributed by atoms with Crippen molar-refractivity contribution in [1.82, 2.24) is 4.57 Å². The fourth-order valence-electron chi connectivity index (χ4n) is 2.97. The molecule has 0 unspecified atom stereocenters. The van der Waals surface area contributed by atoms with Gasteiger partial charge < -0.3 is 4.74 Å². The molecule has 0 spiro atoms. The molecule has 1 aromatic heterocycles. The Kier molecular flexibility index (Phi) is 4.87. The minimum Gasteiger partial charge on any atom is -0.402 e. The lowest BCUT2D eigenvalue weighted by molar-refractivity contribution is -0.129. The van der Waals surface area contributed by atoms with Crippen molar-refractivity contribution in [3.63, 3.8) is 0 Å². The highest BCUT2D eigenvalue weighted by Crippen LogP contribution is 2.28. The molecule has 0 radical (unpaired) electrons. The molecule has 0 fully saturated rings. The zero-order valence-corrected chi connectivity index (χ0v) is 17.5. The van der Waals surface area contributed by atoms with Crippen LogP contribution in [0.5, 0.6) is 0 Å². The Morgan fingerprint density at radius 2 is 1.93 bits per heavy atom. The van der Waals surface area contributed by atoms with Gasteiger partial charge in [0.25, 0.3) is 0 Å². The van der Waals surface area contributed by atoms with Crippen LogP contribution in [0.4, 0.5) is 0 Å². The maximum absolute atomic E-state index is 12.3. The van der Waals surface area contributed by atoms with Gasteiger partial charge in [-0.25, -0.2) is 9.79 Å². The molecule has 2 aromatic carbocycles. The van der Waals surface area contributed by atoms with Gasteiger partial charge in [-0.05, 0) is 48.5 Å². The van der Waals surface area contributed by atoms with Gasteiger partial charge in [0.2, 0.25) is 11.8 Å². The Hall–Kier alpha value is -2.41. The summed E-state index contributed by atoms with van der Waals surface area (Å²) < 4.78 is 7.67. The van der Waals surface area contributed by atoms with Crippen molar-refractivity contribution in [3.8, 4) is 0 Å². The number of benzene rings is 2. The zero-order valence-electron chi connectivity index (χ0n) is 14.4. The number of carbonyl (C=O) groups excluding carboxylic acids is 2. The topological polar surface area (TPSA) is 60.7 Å². The van der Waals surface area contributed by atoms with E-state index in [1.54, 1.807) is 18.2 Å². The number of ether oxygens (including phenoxy) is 1. The van der Waals surface area contributed by atoms with Crippen LogP contribution in [0.2, 0.25) is 10.0 Å². The summed E-state index contributed by atoms with van der Waals surface area (Å²) in [5.41, 5.74) is 1.89. The summed E-state index contributed by atoms with van der Waals surface area (Å²) in [4.78, 5) is 28.7. The highest BCUT2D eigenvalue weighted by molar-refractivity contribution is 9.10. The predicted molar refractivity (Wildman–Crippen MR) is 113 cm³/mol. The lowest BCUT2D eigenvalue weighted by Crippen LogP contribution is -2.08. The van der Waals surface area contributed by atoms with Gasteiger partial charge in [0.1, 0.15) is 0 Å². The van der Waals surface area contributed by atoms with E-state index in [0.29, 0.717) is 21.3 Å². The summed E-state index contributed by atoms with van der Waals surface area (Å²) in [6.07, 6.45) is 1.53. The van der Waals surface area contributed by atoms with Gasteiger partial charge in [0.05, 0.1) is 21.3 Å². The first-order valence-corrected chi connectivity index (χ1v) is 9.68. The van der Waals surface area contributed by atoms with Crippen LogP contribution < -0.4 is 0 Å². The quantitative estimate of drug-likeness (QED) is 0.350. The van der Waals surface area contributed by atoms with Crippen LogP contribution in [-0.4, -0.2) is 22.3 Å². The summed E-state index contributed by atoms with van der Waals surface area (Å²) in [6, 6.07) is 12.2. The molecule has 140 valence electrons. The maximum atomic E-state index is 12.3. The average Bonchev–Trinajstić information content (AvgIpc) is 3.17. The third-order valence-electron chi connectivity index (χ3n) is 4.18. The number of aromatic nitrogens is 1. The summed E-state index contributed by atoms with van der Waals surface area (Å²) in [5, 5.41) is 1.58. The standard InChI is InChI=1S/C20H11BrCl2N2O3/c1-10(26)25-14(7-12-6-13(21)3-5-18(12)25)9-17-20(27)28-19(24-17)11-2-4-15(22)16(23)8-11/h2-9H,1H3. The van der Waals surface area contributed by atoms with E-state index in [1.165, 1.54) is 17.6 Å². The molecular weight excluding hydrogens is 467 g/mol. The minimum absolute atomic E-state index is 0.0884. The maximum Gasteiger partial charge on any atom is 0.363 e. The van der Waals surface area contributed by atoms with E-state index in [4.69, 9.17) is 27.9 Å². The number of halogens is 3. The smallest absolute Gasteiger partial charge is 0.363 e. The third-order valence-corrected chi connectivity index (χ3v) is 5.41. The number of fused-ring (bicyclic) bond motifs is 1. The van der Waals surface area contributed by atoms with Crippen LogP contribution in [-0.2, 0) is 9.53 Å². The van der Waals surface area contributed by atoms with E-state index in [-0.39, 0.29) is 17.5 Å². The summed E-state index contributed by atoms with van der Waals surface area (Å²) in [6.45, 7) is 1.46. The number of hydrogen-bond acceptors (Lipinski definition) is 4. The Morgan fingerprint density at radius 1 is 1.14 bits per heavy atom. The number of aliphatic imine (C=N–C) groups is 1. The van der Waals surface area contributed by atoms with Gasteiger partial charge in [-0.2, -0.15) is 0 Å². The number of esters is 1. The molecular formula is C20H11BrCl2N2O3. The Balaban J connectivity index is 1.81. The Labute approximate surface area is 178 Å². The SMILES string of the molecule is CC(=O)n1c(C=C2N=C(c3ccc(Cl)c(Cl)c3)OC2=O)cc2cc(Br)ccc21. The van der Waals surface area contributed by atoms with E-state index >= 15 is 0 Å². The molecule has 2 heterocycles. The van der Waals surface area contributed by atoms with Gasteiger partial charge in [-0.15, -0.1) is 0 Å². The number of nitrogens with zero attached hydrogens (tertiary/aromatic N) is 2. The molecule has 5 nitrogen and oxygen atoms in total. The molecule has 0 atom stereocenters. The second kappa shape index (κ2) is 7.20. The number of cyclic esters (lactones) is 1. The first-order chi connectivity index (χ1) is 13.3. The zero-order chi connectivity index (χ0) is 20.0. The van der Waals surface area contributed by atoms with Gasteiger partial charge in [0.15, 0.2) is 5.70 Å². The molecule has 4 rings (SSSR count). The van der Waals surface area contributed by atoms with Crippen LogP contribution in [0, 0.1) is 0 Å². The molecule has 0 saturated heterocycles. The van der Waals surface area contributed by atoms with Gasteiger partial charge >= 0.3 is 5.97 Å². The third kappa shape index (κ3) is 3.39. The molecule has 28 heavy (non-hydrogen) atoms. The van der Waals surface area contributed by atoms with Crippen LogP contribution in [0.3, 0.4) is 0 Å². The van der Waals surface area contributed by atoms with Crippen molar-refractivity contribution in [2.75, 3.05) is 0 Å². The second-order valence-corrected chi connectivity index (χ2v) is 7.82. The monoisotopic (exact) mass is 476 g/mol. The minimum atomic E-state index is -0.609. The fraction of sp³-hybridized carbons (Fsp3) is 0.0500. The van der Waals surface area contributed by atoms with Crippen molar-refractivity contribution in [2.45, 2.75) is 6.92 Å². The van der Waals surface area contributed by atoms with Gasteiger partial charge in [0, 0.05) is 22.3 Å². The van der Waals surface area contributed by atoms with Gasteiger partial charge in [-0.1, -0.05) is 39.1 Å². The van der Waals surface area contributed by atoms with E-state index in [9.17, 15) is 9.59 Å². The summed E-state index contributed by atoms with van der Waals surface area (Å²) >= 11 is 15.4. The fourth-order valence-corrected chi connectivity index (χ4v) is 3.64. The molecule has 8 heteroatoms. The van der Waals surface area contributed by atoms with Crippen LogP contribution in [0.1, 0.15) is 23.0 Å². The summed E-state index contributed by atoms with van der Waals surface area (Å²) in [7, 11) is 0. The van der Waals surface area contributed by atoms with Crippen LogP contribution >= 0.6 is 39.1 Å². The predicted octanol–water partition coefficient (Wildman–Crippen LogP) is 5.72. The molecule has 0 saturated carbocycles. The molecule has 1 aliphatic heterocycles. The largest absolute Gasteiger partial charge is 0.402 e. The molecule has 0 N–H and O–H groups in total. The molecule has 1 aliphatic rings. The normalized spacial score (nSPS) is 15.2. The van der Waals surface area contributed by atoms with Crippen molar-refractivity contribution >= 4 is 73.9 Å². The highest BCUT2D eigenvalue weighted by Gasteiger charge is 2.25. The second-order valence-electron chi connectivity index (χ2n) is 6.09.